The molecular formula is C14H19BrN2O2. The number of hydrogen-bond donors (Lipinski definition) is 1. The highest BCUT2D eigenvalue weighted by molar-refractivity contribution is 9.10. The van der Waals surface area contributed by atoms with Crippen LogP contribution in [0.5, 0.6) is 5.75 Å². The summed E-state index contributed by atoms with van der Waals surface area (Å²) in [6, 6.07) is 7.94. The number of nitrogens with one attached hydrogen (secondary N) is 1. The van der Waals surface area contributed by atoms with Gasteiger partial charge in [-0.15, -0.1) is 0 Å². The molecule has 104 valence electrons. The number of rotatable bonds is 8. The van der Waals surface area contributed by atoms with Crippen molar-refractivity contribution in [1.29, 1.82) is 5.26 Å². The van der Waals surface area contributed by atoms with E-state index in [1.165, 1.54) is 0 Å². The molecule has 0 aliphatic rings. The summed E-state index contributed by atoms with van der Waals surface area (Å²) in [5, 5.41) is 12.2. The van der Waals surface area contributed by atoms with Crippen molar-refractivity contribution in [3.05, 3.63) is 28.2 Å². The lowest BCUT2D eigenvalue weighted by Crippen LogP contribution is -2.20. The predicted molar refractivity (Wildman–Crippen MR) is 78.0 cm³/mol. The Kier molecular flexibility index (Phi) is 7.49. The molecule has 1 aromatic carbocycles. The van der Waals surface area contributed by atoms with Gasteiger partial charge in [-0.1, -0.05) is 22.9 Å². The number of nitriles is 1. The smallest absolute Gasteiger partial charge is 0.184 e. The van der Waals surface area contributed by atoms with Crippen LogP contribution in [-0.4, -0.2) is 26.4 Å². The van der Waals surface area contributed by atoms with E-state index < -0.39 is 6.10 Å². The molecule has 1 unspecified atom stereocenters. The van der Waals surface area contributed by atoms with Crippen LogP contribution in [0.3, 0.4) is 0 Å². The van der Waals surface area contributed by atoms with E-state index in [1.54, 1.807) is 7.11 Å². The zero-order chi connectivity index (χ0) is 14.1. The number of nitrogens with zero attached hydrogens (tertiary/aromatic N) is 1. The third kappa shape index (κ3) is 5.60. The van der Waals surface area contributed by atoms with Crippen molar-refractivity contribution in [2.75, 3.05) is 20.3 Å². The fourth-order valence-electron chi connectivity index (χ4n) is 1.55. The topological polar surface area (TPSA) is 54.3 Å². The summed E-state index contributed by atoms with van der Waals surface area (Å²) in [6.07, 6.45) is 0.266. The lowest BCUT2D eigenvalue weighted by atomic mass is 10.2. The zero-order valence-electron chi connectivity index (χ0n) is 11.3. The van der Waals surface area contributed by atoms with E-state index in [4.69, 9.17) is 14.7 Å². The standard InChI is InChI=1S/C14H19BrN2O2/c1-3-13(9-16)19-14-5-4-12(15)8-11(14)10-17-6-7-18-2/h4-5,8,13,17H,3,6-7,10H2,1-2H3. The summed E-state index contributed by atoms with van der Waals surface area (Å²) in [5.41, 5.74) is 1.03. The van der Waals surface area contributed by atoms with Crippen LogP contribution in [0.2, 0.25) is 0 Å². The summed E-state index contributed by atoms with van der Waals surface area (Å²) >= 11 is 3.45. The van der Waals surface area contributed by atoms with E-state index in [0.29, 0.717) is 19.6 Å². The quantitative estimate of drug-likeness (QED) is 0.746. The number of ether oxygens (including phenoxy) is 2. The minimum Gasteiger partial charge on any atom is -0.475 e. The van der Waals surface area contributed by atoms with Gasteiger partial charge in [-0.3, -0.25) is 0 Å². The molecule has 0 aliphatic heterocycles. The van der Waals surface area contributed by atoms with Gasteiger partial charge in [0.15, 0.2) is 6.10 Å². The third-order valence-corrected chi connectivity index (χ3v) is 3.10. The van der Waals surface area contributed by atoms with Crippen molar-refractivity contribution in [1.82, 2.24) is 5.32 Å². The van der Waals surface area contributed by atoms with Gasteiger partial charge in [0.25, 0.3) is 0 Å². The molecule has 0 radical (unpaired) electrons. The lowest BCUT2D eigenvalue weighted by molar-refractivity contribution is 0.198. The van der Waals surface area contributed by atoms with Gasteiger partial charge in [-0.2, -0.15) is 5.26 Å². The van der Waals surface area contributed by atoms with Crippen molar-refractivity contribution in [2.24, 2.45) is 0 Å². The summed E-state index contributed by atoms with van der Waals surface area (Å²) < 4.78 is 11.7. The highest BCUT2D eigenvalue weighted by Gasteiger charge is 2.10. The third-order valence-electron chi connectivity index (χ3n) is 2.60. The minimum atomic E-state index is -0.404. The maximum absolute atomic E-state index is 8.96. The highest BCUT2D eigenvalue weighted by Crippen LogP contribution is 2.24. The molecule has 0 fully saturated rings. The van der Waals surface area contributed by atoms with E-state index in [2.05, 4.69) is 27.3 Å². The summed E-state index contributed by atoms with van der Waals surface area (Å²) in [4.78, 5) is 0. The van der Waals surface area contributed by atoms with Crippen molar-refractivity contribution in [3.63, 3.8) is 0 Å². The molecule has 0 aliphatic carbocycles. The van der Waals surface area contributed by atoms with Crippen LogP contribution >= 0.6 is 15.9 Å². The molecule has 1 rings (SSSR count). The Morgan fingerprint density at radius 3 is 2.89 bits per heavy atom. The van der Waals surface area contributed by atoms with Gasteiger partial charge in [-0.25, -0.2) is 0 Å². The fourth-order valence-corrected chi connectivity index (χ4v) is 1.96. The molecule has 0 amide bonds. The number of methoxy groups -OCH3 is 1. The second kappa shape index (κ2) is 8.92. The van der Waals surface area contributed by atoms with Crippen molar-refractivity contribution < 1.29 is 9.47 Å². The van der Waals surface area contributed by atoms with Crippen LogP contribution in [-0.2, 0) is 11.3 Å². The Morgan fingerprint density at radius 2 is 2.26 bits per heavy atom. The van der Waals surface area contributed by atoms with Gasteiger partial charge in [0, 0.05) is 30.2 Å². The molecule has 0 spiro atoms. The first-order valence-corrected chi connectivity index (χ1v) is 7.05. The Balaban J connectivity index is 2.71. The van der Waals surface area contributed by atoms with Gasteiger partial charge in [0.1, 0.15) is 11.8 Å². The molecule has 1 aromatic rings. The Morgan fingerprint density at radius 1 is 1.47 bits per heavy atom. The van der Waals surface area contributed by atoms with Crippen LogP contribution in [0.15, 0.2) is 22.7 Å². The summed E-state index contributed by atoms with van der Waals surface area (Å²) in [5.74, 6) is 0.751. The first-order chi connectivity index (χ1) is 9.21. The Labute approximate surface area is 122 Å². The summed E-state index contributed by atoms with van der Waals surface area (Å²) in [7, 11) is 1.67. The van der Waals surface area contributed by atoms with E-state index in [0.717, 1.165) is 22.3 Å². The predicted octanol–water partition coefficient (Wildman–Crippen LogP) is 2.87. The molecule has 5 heteroatoms. The van der Waals surface area contributed by atoms with Crippen LogP contribution in [0.25, 0.3) is 0 Å². The van der Waals surface area contributed by atoms with Gasteiger partial charge >= 0.3 is 0 Å². The Hall–Kier alpha value is -1.09. The molecular weight excluding hydrogens is 308 g/mol. The van der Waals surface area contributed by atoms with Crippen LogP contribution in [0.1, 0.15) is 18.9 Å². The van der Waals surface area contributed by atoms with Gasteiger partial charge in [0.2, 0.25) is 0 Å². The fraction of sp³-hybridized carbons (Fsp3) is 0.500. The molecule has 0 heterocycles. The van der Waals surface area contributed by atoms with Crippen LogP contribution < -0.4 is 10.1 Å². The first kappa shape index (κ1) is 16.0. The normalized spacial score (nSPS) is 11.9. The molecule has 19 heavy (non-hydrogen) atoms. The van der Waals surface area contributed by atoms with Gasteiger partial charge in [0.05, 0.1) is 6.61 Å². The molecule has 0 bridgehead atoms. The van der Waals surface area contributed by atoms with E-state index >= 15 is 0 Å². The monoisotopic (exact) mass is 326 g/mol. The number of benzene rings is 1. The molecule has 0 aromatic heterocycles. The number of hydrogen-bond acceptors (Lipinski definition) is 4. The van der Waals surface area contributed by atoms with Crippen LogP contribution in [0.4, 0.5) is 0 Å². The van der Waals surface area contributed by atoms with Crippen molar-refractivity contribution in [2.45, 2.75) is 26.0 Å². The lowest BCUT2D eigenvalue weighted by Gasteiger charge is -2.15. The Bertz CT molecular complexity index is 432. The average molecular weight is 327 g/mol. The molecule has 4 nitrogen and oxygen atoms in total. The second-order valence-corrected chi connectivity index (χ2v) is 4.98. The maximum Gasteiger partial charge on any atom is 0.184 e. The minimum absolute atomic E-state index is 0.404. The average Bonchev–Trinajstić information content (AvgIpc) is 2.43. The van der Waals surface area contributed by atoms with Gasteiger partial charge < -0.3 is 14.8 Å². The largest absolute Gasteiger partial charge is 0.475 e. The van der Waals surface area contributed by atoms with Gasteiger partial charge in [-0.05, 0) is 24.6 Å². The molecule has 1 atom stereocenters. The second-order valence-electron chi connectivity index (χ2n) is 4.07. The van der Waals surface area contributed by atoms with E-state index in [9.17, 15) is 0 Å². The van der Waals surface area contributed by atoms with Crippen molar-refractivity contribution in [3.8, 4) is 11.8 Å². The molecule has 0 saturated carbocycles. The molecule has 1 N–H and O–H groups in total. The first-order valence-electron chi connectivity index (χ1n) is 6.25. The van der Waals surface area contributed by atoms with Crippen LogP contribution in [0, 0.1) is 11.3 Å². The van der Waals surface area contributed by atoms with E-state index in [1.807, 2.05) is 25.1 Å². The van der Waals surface area contributed by atoms with E-state index in [-0.39, 0.29) is 0 Å². The van der Waals surface area contributed by atoms with Crippen molar-refractivity contribution >= 4 is 15.9 Å². The highest BCUT2D eigenvalue weighted by atomic mass is 79.9. The number of halogens is 1. The maximum atomic E-state index is 8.96. The summed E-state index contributed by atoms with van der Waals surface area (Å²) in [6.45, 7) is 4.06. The SMILES string of the molecule is CCC(C#N)Oc1ccc(Br)cc1CNCCOC. The molecule has 0 saturated heterocycles. The zero-order valence-corrected chi connectivity index (χ0v) is 12.9.